The minimum absolute atomic E-state index is 0.118. The molecule has 1 fully saturated rings. The molecule has 0 aromatic rings. The van der Waals surface area contributed by atoms with Crippen molar-refractivity contribution in [2.45, 2.75) is 54.0 Å². The van der Waals surface area contributed by atoms with Gasteiger partial charge in [0.25, 0.3) is 0 Å². The van der Waals surface area contributed by atoms with Gasteiger partial charge in [-0.1, -0.05) is 25.5 Å². The predicted octanol–water partition coefficient (Wildman–Crippen LogP) is 3.14. The third kappa shape index (κ3) is 2.87. The van der Waals surface area contributed by atoms with Crippen molar-refractivity contribution >= 4 is 5.91 Å². The second kappa shape index (κ2) is 3.90. The summed E-state index contributed by atoms with van der Waals surface area (Å²) in [7, 11) is 0. The summed E-state index contributed by atoms with van der Waals surface area (Å²) < 4.78 is 0. The molecule has 0 radical (unpaired) electrons. The molecule has 2 heteroatoms. The molecule has 0 aromatic heterocycles. The molecule has 0 heterocycles. The number of amides is 1. The lowest BCUT2D eigenvalue weighted by Gasteiger charge is -2.21. The zero-order valence-electron chi connectivity index (χ0n) is 11.6. The maximum atomic E-state index is 12.1. The first kappa shape index (κ1) is 13.3. The van der Waals surface area contributed by atoms with Crippen LogP contribution in [0.25, 0.3) is 0 Å². The van der Waals surface area contributed by atoms with E-state index in [0.29, 0.717) is 5.92 Å². The summed E-state index contributed by atoms with van der Waals surface area (Å²) in [5.74, 6) is 0.737. The summed E-state index contributed by atoms with van der Waals surface area (Å²) in [5, 5.41) is 3.07. The summed E-state index contributed by atoms with van der Waals surface area (Å²) in [4.78, 5) is 12.1. The van der Waals surface area contributed by atoms with Gasteiger partial charge in [0.15, 0.2) is 0 Å². The lowest BCUT2D eigenvalue weighted by molar-refractivity contribution is -0.124. The molecule has 2 atom stereocenters. The molecule has 0 aromatic carbocycles. The normalized spacial score (nSPS) is 27.2. The zero-order chi connectivity index (χ0) is 12.7. The molecule has 0 saturated heterocycles. The molecular formula is C14H25NO. The molecule has 2 nitrogen and oxygen atoms in total. The summed E-state index contributed by atoms with van der Waals surface area (Å²) in [6.07, 6.45) is 2.23. The van der Waals surface area contributed by atoms with Crippen molar-refractivity contribution in [3.63, 3.8) is 0 Å². The van der Waals surface area contributed by atoms with Crippen LogP contribution in [-0.2, 0) is 4.79 Å². The largest absolute Gasteiger partial charge is 0.351 e. The number of hydrogen-bond donors (Lipinski definition) is 1. The van der Waals surface area contributed by atoms with Crippen LogP contribution in [0.15, 0.2) is 11.6 Å². The summed E-state index contributed by atoms with van der Waals surface area (Å²) in [6, 6.07) is 0. The quantitative estimate of drug-likeness (QED) is 0.716. The number of nitrogens with one attached hydrogen (secondary N) is 1. The second-order valence-electron chi connectivity index (χ2n) is 6.81. The number of carbonyl (C=O) groups is 1. The molecule has 1 saturated carbocycles. The van der Waals surface area contributed by atoms with E-state index in [9.17, 15) is 4.79 Å². The average Bonchev–Trinajstić information content (AvgIpc) is 2.47. The highest BCUT2D eigenvalue weighted by Gasteiger charge is 2.60. The van der Waals surface area contributed by atoms with Gasteiger partial charge in [-0.25, -0.2) is 0 Å². The van der Waals surface area contributed by atoms with Crippen LogP contribution in [0, 0.1) is 17.3 Å². The van der Waals surface area contributed by atoms with Crippen molar-refractivity contribution < 1.29 is 4.79 Å². The van der Waals surface area contributed by atoms with Gasteiger partial charge < -0.3 is 5.32 Å². The van der Waals surface area contributed by atoms with Crippen LogP contribution in [0.3, 0.4) is 0 Å². The van der Waals surface area contributed by atoms with E-state index in [-0.39, 0.29) is 22.8 Å². The highest BCUT2D eigenvalue weighted by molar-refractivity contribution is 5.84. The van der Waals surface area contributed by atoms with Crippen LogP contribution in [-0.4, -0.2) is 11.4 Å². The standard InChI is InChI=1S/C14H25NO/c1-9(2)8-10-11(14(10,6)7)12(16)15-13(3,4)5/h8,10-11H,1-7H3,(H,15,16). The van der Waals surface area contributed by atoms with E-state index >= 15 is 0 Å². The Balaban J connectivity index is 2.70. The number of hydrogen-bond acceptors (Lipinski definition) is 1. The Kier molecular flexibility index (Phi) is 3.24. The summed E-state index contributed by atoms with van der Waals surface area (Å²) in [5.41, 5.74) is 1.28. The number of allylic oxidation sites excluding steroid dienone is 2. The summed E-state index contributed by atoms with van der Waals surface area (Å²) in [6.45, 7) is 14.6. The third-order valence-electron chi connectivity index (χ3n) is 3.20. The van der Waals surface area contributed by atoms with Crippen LogP contribution in [0.1, 0.15) is 48.5 Å². The minimum atomic E-state index is -0.134. The molecule has 1 aliphatic rings. The van der Waals surface area contributed by atoms with Crippen molar-refractivity contribution in [3.8, 4) is 0 Å². The highest BCUT2D eigenvalue weighted by Crippen LogP contribution is 2.59. The first-order chi connectivity index (χ1) is 7.05. The lowest BCUT2D eigenvalue weighted by Crippen LogP contribution is -2.42. The van der Waals surface area contributed by atoms with E-state index < -0.39 is 0 Å². The van der Waals surface area contributed by atoms with E-state index in [0.717, 1.165) is 0 Å². The molecule has 0 spiro atoms. The van der Waals surface area contributed by atoms with Gasteiger partial charge in [0.05, 0.1) is 5.92 Å². The number of rotatable bonds is 2. The van der Waals surface area contributed by atoms with Gasteiger partial charge in [-0.3, -0.25) is 4.79 Å². The molecule has 1 amide bonds. The van der Waals surface area contributed by atoms with Gasteiger partial charge in [-0.05, 0) is 46.0 Å². The van der Waals surface area contributed by atoms with Gasteiger partial charge in [0.1, 0.15) is 0 Å². The average molecular weight is 223 g/mol. The van der Waals surface area contributed by atoms with E-state index in [1.807, 2.05) is 20.8 Å². The van der Waals surface area contributed by atoms with Gasteiger partial charge >= 0.3 is 0 Å². The molecule has 0 bridgehead atoms. The fraction of sp³-hybridized carbons (Fsp3) is 0.786. The molecule has 2 unspecified atom stereocenters. The lowest BCUT2D eigenvalue weighted by atomic mass is 10.1. The Bertz CT molecular complexity index is 316. The van der Waals surface area contributed by atoms with Crippen molar-refractivity contribution in [3.05, 3.63) is 11.6 Å². The molecule has 1 rings (SSSR count). The first-order valence-corrected chi connectivity index (χ1v) is 6.03. The predicted molar refractivity (Wildman–Crippen MR) is 68.1 cm³/mol. The zero-order valence-corrected chi connectivity index (χ0v) is 11.6. The Morgan fingerprint density at radius 3 is 2.12 bits per heavy atom. The van der Waals surface area contributed by atoms with Crippen LogP contribution in [0.5, 0.6) is 0 Å². The van der Waals surface area contributed by atoms with Crippen molar-refractivity contribution in [1.82, 2.24) is 5.32 Å². The molecule has 92 valence electrons. The Hall–Kier alpha value is -0.790. The fourth-order valence-corrected chi connectivity index (χ4v) is 2.30. The molecular weight excluding hydrogens is 198 g/mol. The topological polar surface area (TPSA) is 29.1 Å². The molecule has 0 aliphatic heterocycles. The van der Waals surface area contributed by atoms with Crippen LogP contribution in [0.4, 0.5) is 0 Å². The monoisotopic (exact) mass is 223 g/mol. The van der Waals surface area contributed by atoms with Crippen LogP contribution >= 0.6 is 0 Å². The first-order valence-electron chi connectivity index (χ1n) is 6.03. The van der Waals surface area contributed by atoms with E-state index in [1.54, 1.807) is 0 Å². The van der Waals surface area contributed by atoms with Crippen molar-refractivity contribution in [2.24, 2.45) is 17.3 Å². The smallest absolute Gasteiger partial charge is 0.224 e. The van der Waals surface area contributed by atoms with Crippen LogP contribution in [0.2, 0.25) is 0 Å². The Morgan fingerprint density at radius 1 is 1.25 bits per heavy atom. The molecule has 1 N–H and O–H groups in total. The SMILES string of the molecule is CC(C)=CC1C(C(=O)NC(C)(C)C)C1(C)C. The van der Waals surface area contributed by atoms with Gasteiger partial charge in [-0.15, -0.1) is 0 Å². The Labute approximate surface area is 99.5 Å². The maximum Gasteiger partial charge on any atom is 0.224 e. The van der Waals surface area contributed by atoms with Crippen molar-refractivity contribution in [1.29, 1.82) is 0 Å². The summed E-state index contributed by atoms with van der Waals surface area (Å²) >= 11 is 0. The van der Waals surface area contributed by atoms with Gasteiger partial charge in [0.2, 0.25) is 5.91 Å². The van der Waals surface area contributed by atoms with Crippen molar-refractivity contribution in [2.75, 3.05) is 0 Å². The molecule has 16 heavy (non-hydrogen) atoms. The minimum Gasteiger partial charge on any atom is -0.351 e. The highest BCUT2D eigenvalue weighted by atomic mass is 16.2. The van der Waals surface area contributed by atoms with Gasteiger partial charge in [-0.2, -0.15) is 0 Å². The fourth-order valence-electron chi connectivity index (χ4n) is 2.30. The van der Waals surface area contributed by atoms with Crippen LogP contribution < -0.4 is 5.32 Å². The Morgan fingerprint density at radius 2 is 1.75 bits per heavy atom. The van der Waals surface area contributed by atoms with E-state index in [2.05, 4.69) is 39.1 Å². The number of carbonyl (C=O) groups excluding carboxylic acids is 1. The second-order valence-corrected chi connectivity index (χ2v) is 6.81. The van der Waals surface area contributed by atoms with Gasteiger partial charge in [0, 0.05) is 5.54 Å². The van der Waals surface area contributed by atoms with E-state index in [4.69, 9.17) is 0 Å². The molecule has 1 aliphatic carbocycles. The maximum absolute atomic E-state index is 12.1. The van der Waals surface area contributed by atoms with E-state index in [1.165, 1.54) is 5.57 Å². The third-order valence-corrected chi connectivity index (χ3v) is 3.20.